The lowest BCUT2D eigenvalue weighted by Crippen LogP contribution is -2.65. The number of carbonyl (C=O) groups excluding carboxylic acids is 3. The second kappa shape index (κ2) is 4.96. The standard InChI is InChI=1S/C12H20NO4/c1-8(14)11-6-5-7-12(9(2)15)13(11,4)17-10(3)16/h11-12H,5-7H2,1-4H3/q+1. The summed E-state index contributed by atoms with van der Waals surface area (Å²) in [6, 6.07) is -0.858. The van der Waals surface area contributed by atoms with Crippen LogP contribution in [0.2, 0.25) is 0 Å². The molecule has 0 saturated carbocycles. The van der Waals surface area contributed by atoms with E-state index in [1.54, 1.807) is 7.05 Å². The maximum atomic E-state index is 11.6. The highest BCUT2D eigenvalue weighted by Crippen LogP contribution is 2.31. The molecule has 0 aliphatic carbocycles. The van der Waals surface area contributed by atoms with E-state index in [2.05, 4.69) is 0 Å². The lowest BCUT2D eigenvalue weighted by atomic mass is 9.91. The molecule has 5 nitrogen and oxygen atoms in total. The van der Waals surface area contributed by atoms with Crippen LogP contribution in [0.15, 0.2) is 0 Å². The van der Waals surface area contributed by atoms with Crippen LogP contribution in [0.3, 0.4) is 0 Å². The summed E-state index contributed by atoms with van der Waals surface area (Å²) >= 11 is 0. The molecule has 1 fully saturated rings. The summed E-state index contributed by atoms with van der Waals surface area (Å²) in [5.41, 5.74) is 0. The second-order valence-electron chi connectivity index (χ2n) is 4.83. The van der Waals surface area contributed by atoms with Crippen LogP contribution in [-0.2, 0) is 19.2 Å². The molecule has 1 rings (SSSR count). The average Bonchev–Trinajstić information content (AvgIpc) is 2.14. The molecule has 2 atom stereocenters. The van der Waals surface area contributed by atoms with Crippen LogP contribution in [0, 0.1) is 0 Å². The summed E-state index contributed by atoms with van der Waals surface area (Å²) in [6.07, 6.45) is 2.12. The topological polar surface area (TPSA) is 60.4 Å². The van der Waals surface area contributed by atoms with Crippen molar-refractivity contribution in [2.75, 3.05) is 7.05 Å². The van der Waals surface area contributed by atoms with Crippen LogP contribution in [0.1, 0.15) is 40.0 Å². The molecule has 96 valence electrons. The van der Waals surface area contributed by atoms with Crippen molar-refractivity contribution >= 4 is 17.5 Å². The molecule has 0 aromatic rings. The predicted molar refractivity (Wildman–Crippen MR) is 60.7 cm³/mol. The predicted octanol–water partition coefficient (Wildman–Crippen LogP) is 1.01. The minimum absolute atomic E-state index is 0.0419. The zero-order valence-corrected chi connectivity index (χ0v) is 10.9. The van der Waals surface area contributed by atoms with Crippen LogP contribution in [0.4, 0.5) is 0 Å². The molecule has 1 heterocycles. The minimum atomic E-state index is -0.466. The Bertz CT molecular complexity index is 328. The fraction of sp³-hybridized carbons (Fsp3) is 0.750. The summed E-state index contributed by atoms with van der Waals surface area (Å²) in [4.78, 5) is 39.8. The first kappa shape index (κ1) is 13.8. The van der Waals surface area contributed by atoms with Crippen molar-refractivity contribution in [2.45, 2.75) is 52.1 Å². The summed E-state index contributed by atoms with van der Waals surface area (Å²) in [5, 5.41) is 0. The summed E-state index contributed by atoms with van der Waals surface area (Å²) < 4.78 is -0.222. The van der Waals surface area contributed by atoms with Gasteiger partial charge in [-0.05, 0) is 6.42 Å². The Morgan fingerprint density at radius 1 is 1.00 bits per heavy atom. The lowest BCUT2D eigenvalue weighted by Gasteiger charge is -2.43. The molecule has 2 unspecified atom stereocenters. The van der Waals surface area contributed by atoms with E-state index < -0.39 is 18.1 Å². The number of hydroxylamine groups is 3. The number of piperidine rings is 1. The molecule has 1 aliphatic heterocycles. The number of carbonyl (C=O) groups is 3. The third-order valence-electron chi connectivity index (χ3n) is 3.46. The number of ketones is 2. The molecule has 1 saturated heterocycles. The Morgan fingerprint density at radius 2 is 1.41 bits per heavy atom. The van der Waals surface area contributed by atoms with Crippen molar-refractivity contribution in [1.29, 1.82) is 0 Å². The van der Waals surface area contributed by atoms with Crippen LogP contribution in [0.25, 0.3) is 0 Å². The van der Waals surface area contributed by atoms with Gasteiger partial charge in [0.25, 0.3) is 0 Å². The summed E-state index contributed by atoms with van der Waals surface area (Å²) in [5.74, 6) is -0.550. The molecule has 17 heavy (non-hydrogen) atoms. The molecule has 0 aromatic heterocycles. The second-order valence-corrected chi connectivity index (χ2v) is 4.83. The number of likely N-dealkylation sites (N-methyl/N-ethyl adjacent to an activating group) is 1. The molecule has 0 amide bonds. The van der Waals surface area contributed by atoms with Gasteiger partial charge in [0.1, 0.15) is 7.05 Å². The first-order valence-corrected chi connectivity index (χ1v) is 5.86. The summed E-state index contributed by atoms with van der Waals surface area (Å²) in [6.45, 7) is 4.26. The number of hydrogen-bond donors (Lipinski definition) is 0. The number of hydrogen-bond acceptors (Lipinski definition) is 4. The number of nitrogens with zero attached hydrogens (tertiary/aromatic N) is 1. The van der Waals surface area contributed by atoms with E-state index in [9.17, 15) is 14.4 Å². The van der Waals surface area contributed by atoms with Crippen LogP contribution in [-0.4, -0.2) is 41.3 Å². The van der Waals surface area contributed by atoms with Gasteiger partial charge in [-0.15, -0.1) is 4.65 Å². The van der Waals surface area contributed by atoms with E-state index in [1.165, 1.54) is 20.8 Å². The van der Waals surface area contributed by atoms with Crippen LogP contribution >= 0.6 is 0 Å². The fourth-order valence-corrected chi connectivity index (χ4v) is 2.77. The van der Waals surface area contributed by atoms with E-state index in [0.29, 0.717) is 12.8 Å². The fourth-order valence-electron chi connectivity index (χ4n) is 2.77. The van der Waals surface area contributed by atoms with Crippen molar-refractivity contribution in [3.8, 4) is 0 Å². The molecular formula is C12H20NO4+. The van der Waals surface area contributed by atoms with Crippen molar-refractivity contribution in [2.24, 2.45) is 0 Å². The molecule has 0 spiro atoms. The van der Waals surface area contributed by atoms with Gasteiger partial charge in [0.05, 0.1) is 0 Å². The molecule has 0 bridgehead atoms. The lowest BCUT2D eigenvalue weighted by molar-refractivity contribution is -1.10. The number of rotatable bonds is 3. The Labute approximate surface area is 101 Å². The van der Waals surface area contributed by atoms with Crippen molar-refractivity contribution < 1.29 is 23.9 Å². The number of Topliss-reactive ketones (excluding diaryl/α,β-unsaturated/α-hetero) is 2. The van der Waals surface area contributed by atoms with Gasteiger partial charge < -0.3 is 0 Å². The molecule has 5 heteroatoms. The Kier molecular flexibility index (Phi) is 4.03. The van der Waals surface area contributed by atoms with Gasteiger partial charge in [-0.1, -0.05) is 0 Å². The van der Waals surface area contributed by atoms with Gasteiger partial charge in [0, 0.05) is 33.6 Å². The van der Waals surface area contributed by atoms with E-state index in [4.69, 9.17) is 4.84 Å². The SMILES string of the molecule is CC(=O)O[N+]1(C)C(C(C)=O)CCCC1C(C)=O. The normalized spacial score (nSPS) is 32.9. The first-order chi connectivity index (χ1) is 7.79. The van der Waals surface area contributed by atoms with Crippen molar-refractivity contribution in [1.82, 2.24) is 0 Å². The van der Waals surface area contributed by atoms with Gasteiger partial charge in [0.2, 0.25) is 0 Å². The molecule has 0 N–H and O–H groups in total. The quantitative estimate of drug-likeness (QED) is 0.693. The van der Waals surface area contributed by atoms with E-state index in [0.717, 1.165) is 6.42 Å². The Balaban J connectivity index is 3.10. The maximum absolute atomic E-state index is 11.6. The Hall–Kier alpha value is -1.23. The van der Waals surface area contributed by atoms with E-state index >= 15 is 0 Å². The van der Waals surface area contributed by atoms with Crippen molar-refractivity contribution in [3.05, 3.63) is 0 Å². The highest BCUT2D eigenvalue weighted by molar-refractivity contribution is 5.83. The zero-order valence-electron chi connectivity index (χ0n) is 10.9. The minimum Gasteiger partial charge on any atom is -0.293 e. The molecule has 1 aliphatic rings. The third-order valence-corrected chi connectivity index (χ3v) is 3.46. The highest BCUT2D eigenvalue weighted by Gasteiger charge is 2.51. The molecule has 0 radical (unpaired) electrons. The van der Waals surface area contributed by atoms with E-state index in [-0.39, 0.29) is 16.2 Å². The summed E-state index contributed by atoms with van der Waals surface area (Å²) in [7, 11) is 1.65. The van der Waals surface area contributed by atoms with Gasteiger partial charge in [-0.2, -0.15) is 0 Å². The number of quaternary nitrogens is 1. The van der Waals surface area contributed by atoms with Crippen LogP contribution < -0.4 is 0 Å². The van der Waals surface area contributed by atoms with Crippen LogP contribution in [0.5, 0.6) is 0 Å². The van der Waals surface area contributed by atoms with Gasteiger partial charge in [-0.3, -0.25) is 14.4 Å². The largest absolute Gasteiger partial charge is 0.363 e. The Morgan fingerprint density at radius 3 is 1.71 bits per heavy atom. The van der Waals surface area contributed by atoms with Gasteiger partial charge >= 0.3 is 5.97 Å². The number of likely N-dealkylation sites (tertiary alicyclic amines) is 1. The van der Waals surface area contributed by atoms with Gasteiger partial charge in [-0.25, -0.2) is 4.79 Å². The smallest absolute Gasteiger partial charge is 0.293 e. The average molecular weight is 242 g/mol. The highest BCUT2D eigenvalue weighted by atomic mass is 16.7. The first-order valence-electron chi connectivity index (χ1n) is 5.86. The molecule has 0 aromatic carbocycles. The van der Waals surface area contributed by atoms with Crippen molar-refractivity contribution in [3.63, 3.8) is 0 Å². The molecular weight excluding hydrogens is 222 g/mol. The monoisotopic (exact) mass is 242 g/mol. The zero-order chi connectivity index (χ0) is 13.2. The maximum Gasteiger partial charge on any atom is 0.363 e. The van der Waals surface area contributed by atoms with Gasteiger partial charge in [0.15, 0.2) is 23.7 Å². The van der Waals surface area contributed by atoms with E-state index in [1.807, 2.05) is 0 Å². The third kappa shape index (κ3) is 2.72.